The minimum atomic E-state index is 0.764. The SMILES string of the molecule is NCC1C2C=CC=CC21. The Labute approximate surface area is 55.2 Å². The Balaban J connectivity index is 2.10. The van der Waals surface area contributed by atoms with E-state index in [-0.39, 0.29) is 0 Å². The average Bonchev–Trinajstić information content (AvgIpc) is 2.60. The smallest absolute Gasteiger partial charge is 0.00372 e. The summed E-state index contributed by atoms with van der Waals surface area (Å²) in [6.45, 7) is 0.851. The molecule has 48 valence electrons. The molecule has 2 unspecified atom stereocenters. The third kappa shape index (κ3) is 0.648. The highest BCUT2D eigenvalue weighted by molar-refractivity contribution is 5.25. The molecule has 2 N–H and O–H groups in total. The molecule has 0 bridgehead atoms. The molecule has 1 fully saturated rings. The van der Waals surface area contributed by atoms with Crippen molar-refractivity contribution in [3.63, 3.8) is 0 Å². The van der Waals surface area contributed by atoms with Gasteiger partial charge in [-0.1, -0.05) is 24.3 Å². The van der Waals surface area contributed by atoms with Gasteiger partial charge in [0, 0.05) is 0 Å². The first kappa shape index (κ1) is 5.24. The molecule has 0 aromatic carbocycles. The number of hydrogen-bond donors (Lipinski definition) is 1. The van der Waals surface area contributed by atoms with Gasteiger partial charge in [0.05, 0.1) is 0 Å². The molecule has 0 aliphatic heterocycles. The van der Waals surface area contributed by atoms with E-state index in [2.05, 4.69) is 24.3 Å². The van der Waals surface area contributed by atoms with Crippen molar-refractivity contribution in [2.75, 3.05) is 6.54 Å². The van der Waals surface area contributed by atoms with E-state index in [4.69, 9.17) is 5.73 Å². The molecule has 1 heteroatoms. The van der Waals surface area contributed by atoms with Crippen molar-refractivity contribution in [2.24, 2.45) is 23.5 Å². The van der Waals surface area contributed by atoms with E-state index in [1.807, 2.05) is 0 Å². The number of hydrogen-bond acceptors (Lipinski definition) is 1. The molecule has 2 atom stereocenters. The topological polar surface area (TPSA) is 26.0 Å². The fraction of sp³-hybridized carbons (Fsp3) is 0.500. The molecule has 1 nitrogen and oxygen atoms in total. The quantitative estimate of drug-likeness (QED) is 0.548. The van der Waals surface area contributed by atoms with E-state index in [9.17, 15) is 0 Å². The van der Waals surface area contributed by atoms with E-state index < -0.39 is 0 Å². The van der Waals surface area contributed by atoms with E-state index in [1.165, 1.54) is 0 Å². The second-order valence-electron chi connectivity index (χ2n) is 2.82. The van der Waals surface area contributed by atoms with Crippen LogP contribution in [0.25, 0.3) is 0 Å². The van der Waals surface area contributed by atoms with Crippen LogP contribution in [0.3, 0.4) is 0 Å². The summed E-state index contributed by atoms with van der Waals surface area (Å²) in [5, 5.41) is 0. The van der Waals surface area contributed by atoms with Gasteiger partial charge in [0.25, 0.3) is 0 Å². The summed E-state index contributed by atoms with van der Waals surface area (Å²) >= 11 is 0. The summed E-state index contributed by atoms with van der Waals surface area (Å²) < 4.78 is 0. The highest BCUT2D eigenvalue weighted by Gasteiger charge is 2.45. The van der Waals surface area contributed by atoms with Gasteiger partial charge in [0.1, 0.15) is 0 Å². The van der Waals surface area contributed by atoms with Gasteiger partial charge in [-0.15, -0.1) is 0 Å². The number of allylic oxidation sites excluding steroid dienone is 4. The standard InChI is InChI=1S/C8H11N/c9-5-8-6-3-1-2-4-7(6)8/h1-4,6-8H,5,9H2. The third-order valence-electron chi connectivity index (χ3n) is 2.34. The Hall–Kier alpha value is -0.560. The van der Waals surface area contributed by atoms with Crippen molar-refractivity contribution in [2.45, 2.75) is 0 Å². The molecular weight excluding hydrogens is 110 g/mol. The molecule has 2 rings (SSSR count). The van der Waals surface area contributed by atoms with E-state index in [0.29, 0.717) is 0 Å². The first-order valence-corrected chi connectivity index (χ1v) is 3.48. The van der Waals surface area contributed by atoms with Crippen LogP contribution in [0.4, 0.5) is 0 Å². The number of rotatable bonds is 1. The lowest BCUT2D eigenvalue weighted by Gasteiger charge is -1.87. The van der Waals surface area contributed by atoms with E-state index in [0.717, 1.165) is 24.3 Å². The molecule has 2 aliphatic rings. The van der Waals surface area contributed by atoms with Crippen LogP contribution in [0, 0.1) is 17.8 Å². The van der Waals surface area contributed by atoms with Gasteiger partial charge >= 0.3 is 0 Å². The first-order valence-electron chi connectivity index (χ1n) is 3.48. The Bertz CT molecular complexity index is 151. The summed E-state index contributed by atoms with van der Waals surface area (Å²) in [5.41, 5.74) is 5.53. The predicted octanol–water partition coefficient (Wildman–Crippen LogP) is 0.933. The zero-order valence-electron chi connectivity index (χ0n) is 5.33. The molecule has 2 aliphatic carbocycles. The summed E-state index contributed by atoms with van der Waals surface area (Å²) in [5.74, 6) is 2.35. The van der Waals surface area contributed by atoms with Gasteiger partial charge in [-0.05, 0) is 24.3 Å². The minimum absolute atomic E-state index is 0.764. The van der Waals surface area contributed by atoms with Crippen molar-refractivity contribution in [1.29, 1.82) is 0 Å². The van der Waals surface area contributed by atoms with Crippen molar-refractivity contribution in [1.82, 2.24) is 0 Å². The van der Waals surface area contributed by atoms with Crippen molar-refractivity contribution in [3.8, 4) is 0 Å². The molecule has 0 aromatic rings. The third-order valence-corrected chi connectivity index (χ3v) is 2.34. The fourth-order valence-corrected chi connectivity index (χ4v) is 1.67. The Morgan fingerprint density at radius 1 is 1.11 bits per heavy atom. The Morgan fingerprint density at radius 3 is 2.11 bits per heavy atom. The monoisotopic (exact) mass is 121 g/mol. The molecule has 1 saturated carbocycles. The summed E-state index contributed by atoms with van der Waals surface area (Å²) in [6.07, 6.45) is 8.78. The maximum Gasteiger partial charge on any atom is -0.00372 e. The van der Waals surface area contributed by atoms with Gasteiger partial charge in [0.15, 0.2) is 0 Å². The van der Waals surface area contributed by atoms with Crippen molar-refractivity contribution >= 4 is 0 Å². The van der Waals surface area contributed by atoms with Crippen LogP contribution in [-0.2, 0) is 0 Å². The van der Waals surface area contributed by atoms with Crippen LogP contribution in [0.15, 0.2) is 24.3 Å². The van der Waals surface area contributed by atoms with Crippen LogP contribution in [-0.4, -0.2) is 6.54 Å². The lowest BCUT2D eigenvalue weighted by Crippen LogP contribution is -2.02. The average molecular weight is 121 g/mol. The van der Waals surface area contributed by atoms with Gasteiger partial charge in [-0.25, -0.2) is 0 Å². The van der Waals surface area contributed by atoms with Crippen LogP contribution in [0.5, 0.6) is 0 Å². The van der Waals surface area contributed by atoms with Gasteiger partial charge in [-0.3, -0.25) is 0 Å². The Kier molecular flexibility index (Phi) is 0.995. The second kappa shape index (κ2) is 1.71. The molecular formula is C8H11N. The molecule has 9 heavy (non-hydrogen) atoms. The number of fused-ring (bicyclic) bond motifs is 1. The minimum Gasteiger partial charge on any atom is -0.330 e. The highest BCUT2D eigenvalue weighted by atomic mass is 14.6. The summed E-state index contributed by atoms with van der Waals surface area (Å²) in [4.78, 5) is 0. The lowest BCUT2D eigenvalue weighted by atomic mass is 10.2. The van der Waals surface area contributed by atoms with Gasteiger partial charge < -0.3 is 5.73 Å². The Morgan fingerprint density at radius 2 is 1.67 bits per heavy atom. The molecule has 0 spiro atoms. The van der Waals surface area contributed by atoms with Crippen LogP contribution in [0.1, 0.15) is 0 Å². The van der Waals surface area contributed by atoms with Crippen molar-refractivity contribution < 1.29 is 0 Å². The lowest BCUT2D eigenvalue weighted by molar-refractivity contribution is 0.781. The largest absolute Gasteiger partial charge is 0.330 e. The molecule has 0 amide bonds. The van der Waals surface area contributed by atoms with E-state index >= 15 is 0 Å². The maximum atomic E-state index is 5.53. The zero-order chi connectivity index (χ0) is 6.27. The van der Waals surface area contributed by atoms with Crippen LogP contribution >= 0.6 is 0 Å². The zero-order valence-corrected chi connectivity index (χ0v) is 5.33. The fourth-order valence-electron chi connectivity index (χ4n) is 1.67. The van der Waals surface area contributed by atoms with E-state index in [1.54, 1.807) is 0 Å². The molecule has 0 saturated heterocycles. The molecule has 0 heterocycles. The second-order valence-corrected chi connectivity index (χ2v) is 2.82. The van der Waals surface area contributed by atoms with Gasteiger partial charge in [-0.2, -0.15) is 0 Å². The summed E-state index contributed by atoms with van der Waals surface area (Å²) in [6, 6.07) is 0. The van der Waals surface area contributed by atoms with Crippen molar-refractivity contribution in [3.05, 3.63) is 24.3 Å². The maximum absolute atomic E-state index is 5.53. The van der Waals surface area contributed by atoms with Crippen LogP contribution < -0.4 is 5.73 Å². The first-order chi connectivity index (χ1) is 4.43. The highest BCUT2D eigenvalue weighted by Crippen LogP contribution is 2.48. The molecule has 0 aromatic heterocycles. The normalized spacial score (nSPS) is 44.8. The molecule has 0 radical (unpaired) electrons. The number of nitrogens with two attached hydrogens (primary N) is 1. The van der Waals surface area contributed by atoms with Gasteiger partial charge in [0.2, 0.25) is 0 Å². The van der Waals surface area contributed by atoms with Crippen LogP contribution in [0.2, 0.25) is 0 Å². The summed E-state index contributed by atoms with van der Waals surface area (Å²) in [7, 11) is 0. The predicted molar refractivity (Wildman–Crippen MR) is 37.8 cm³/mol.